The minimum Gasteiger partial charge on any atom is -0.497 e. The van der Waals surface area contributed by atoms with Crippen LogP contribution in [0.3, 0.4) is 0 Å². The van der Waals surface area contributed by atoms with Gasteiger partial charge in [-0.15, -0.1) is 0 Å². The molecular weight excluding hydrogens is 262 g/mol. The van der Waals surface area contributed by atoms with Crippen molar-refractivity contribution in [3.05, 3.63) is 52.2 Å². The normalized spacial score (nSPS) is 11.9. The van der Waals surface area contributed by atoms with E-state index >= 15 is 0 Å². The van der Waals surface area contributed by atoms with Crippen LogP contribution in [0.5, 0.6) is 5.75 Å². The Bertz CT molecular complexity index is 522. The highest BCUT2D eigenvalue weighted by Crippen LogP contribution is 2.15. The van der Waals surface area contributed by atoms with Crippen LogP contribution >= 0.6 is 11.3 Å². The molecule has 0 saturated heterocycles. The van der Waals surface area contributed by atoms with Gasteiger partial charge in [-0.2, -0.15) is 11.3 Å². The van der Waals surface area contributed by atoms with E-state index in [4.69, 9.17) is 4.74 Å². The van der Waals surface area contributed by atoms with Crippen LogP contribution in [0.4, 0.5) is 0 Å². The standard InChI is InChI=1S/C14H15NO3S/c1-18-12-4-2-10(3-5-12)14(17)15-8-13(16)11-6-7-19-9-11/h2-7,9,13,16H,8H2,1H3,(H,15,17)/t13-/m0/s1. The number of ether oxygens (including phenoxy) is 1. The molecule has 0 aliphatic carbocycles. The lowest BCUT2D eigenvalue weighted by Gasteiger charge is -2.10. The number of rotatable bonds is 5. The molecule has 1 atom stereocenters. The molecule has 2 rings (SSSR count). The maximum Gasteiger partial charge on any atom is 0.251 e. The molecule has 100 valence electrons. The third-order valence-electron chi connectivity index (χ3n) is 2.74. The quantitative estimate of drug-likeness (QED) is 0.881. The van der Waals surface area contributed by atoms with Crippen LogP contribution in [0, 0.1) is 0 Å². The minimum absolute atomic E-state index is 0.196. The van der Waals surface area contributed by atoms with Crippen molar-refractivity contribution in [2.24, 2.45) is 0 Å². The largest absolute Gasteiger partial charge is 0.497 e. The predicted molar refractivity (Wildman–Crippen MR) is 74.6 cm³/mol. The van der Waals surface area contributed by atoms with Gasteiger partial charge in [0.1, 0.15) is 5.75 Å². The molecule has 4 nitrogen and oxygen atoms in total. The zero-order valence-electron chi connectivity index (χ0n) is 10.5. The summed E-state index contributed by atoms with van der Waals surface area (Å²) in [7, 11) is 1.58. The van der Waals surface area contributed by atoms with Gasteiger partial charge in [0.25, 0.3) is 5.91 Å². The molecule has 2 aromatic rings. The summed E-state index contributed by atoms with van der Waals surface area (Å²) in [5.41, 5.74) is 1.36. The lowest BCUT2D eigenvalue weighted by molar-refractivity contribution is 0.0916. The van der Waals surface area contributed by atoms with E-state index in [1.807, 2.05) is 16.8 Å². The summed E-state index contributed by atoms with van der Waals surface area (Å²) < 4.78 is 5.03. The number of carbonyl (C=O) groups is 1. The second-order valence-corrected chi connectivity index (χ2v) is 4.79. The Labute approximate surface area is 115 Å². The van der Waals surface area contributed by atoms with Crippen molar-refractivity contribution in [3.8, 4) is 5.75 Å². The smallest absolute Gasteiger partial charge is 0.251 e. The lowest BCUT2D eigenvalue weighted by Crippen LogP contribution is -2.28. The average Bonchev–Trinajstić information content (AvgIpc) is 2.98. The highest BCUT2D eigenvalue weighted by atomic mass is 32.1. The average molecular weight is 277 g/mol. The number of thiophene rings is 1. The summed E-state index contributed by atoms with van der Waals surface area (Å²) in [4.78, 5) is 11.9. The number of aliphatic hydroxyl groups excluding tert-OH is 1. The highest BCUT2D eigenvalue weighted by Gasteiger charge is 2.11. The first-order valence-corrected chi connectivity index (χ1v) is 6.77. The van der Waals surface area contributed by atoms with Gasteiger partial charge in [-0.05, 0) is 46.7 Å². The number of hydrogen-bond acceptors (Lipinski definition) is 4. The van der Waals surface area contributed by atoms with Crippen molar-refractivity contribution in [1.29, 1.82) is 0 Å². The summed E-state index contributed by atoms with van der Waals surface area (Å²) >= 11 is 1.52. The zero-order valence-corrected chi connectivity index (χ0v) is 11.3. The maximum atomic E-state index is 11.9. The van der Waals surface area contributed by atoms with Gasteiger partial charge in [0.05, 0.1) is 13.2 Å². The van der Waals surface area contributed by atoms with Crippen molar-refractivity contribution in [3.63, 3.8) is 0 Å². The minimum atomic E-state index is -0.673. The fourth-order valence-electron chi connectivity index (χ4n) is 1.62. The van der Waals surface area contributed by atoms with E-state index in [0.717, 1.165) is 5.56 Å². The van der Waals surface area contributed by atoms with Crippen LogP contribution < -0.4 is 10.1 Å². The first kappa shape index (κ1) is 13.6. The van der Waals surface area contributed by atoms with Crippen molar-refractivity contribution in [2.45, 2.75) is 6.10 Å². The first-order chi connectivity index (χ1) is 9.20. The number of nitrogens with one attached hydrogen (secondary N) is 1. The van der Waals surface area contributed by atoms with Crippen LogP contribution in [0.1, 0.15) is 22.0 Å². The summed E-state index contributed by atoms with van der Waals surface area (Å²) in [5.74, 6) is 0.492. The monoisotopic (exact) mass is 277 g/mol. The Hall–Kier alpha value is -1.85. The zero-order chi connectivity index (χ0) is 13.7. The molecule has 0 saturated carbocycles. The molecule has 0 spiro atoms. The number of benzene rings is 1. The molecule has 1 aromatic carbocycles. The molecule has 0 radical (unpaired) electrons. The molecule has 1 amide bonds. The van der Waals surface area contributed by atoms with Gasteiger partial charge in [0.15, 0.2) is 0 Å². The van der Waals surface area contributed by atoms with Crippen LogP contribution in [0.25, 0.3) is 0 Å². The van der Waals surface area contributed by atoms with Gasteiger partial charge in [-0.1, -0.05) is 0 Å². The molecule has 0 aliphatic heterocycles. The summed E-state index contributed by atoms with van der Waals surface area (Å²) in [6.07, 6.45) is -0.673. The second-order valence-electron chi connectivity index (χ2n) is 4.01. The van der Waals surface area contributed by atoms with Crippen LogP contribution in [-0.4, -0.2) is 24.7 Å². The van der Waals surface area contributed by atoms with E-state index in [0.29, 0.717) is 11.3 Å². The van der Waals surface area contributed by atoms with Gasteiger partial charge >= 0.3 is 0 Å². The number of amides is 1. The topological polar surface area (TPSA) is 58.6 Å². The second kappa shape index (κ2) is 6.36. The van der Waals surface area contributed by atoms with E-state index in [2.05, 4.69) is 5.32 Å². The van der Waals surface area contributed by atoms with Gasteiger partial charge in [0, 0.05) is 12.1 Å². The van der Waals surface area contributed by atoms with E-state index in [1.54, 1.807) is 31.4 Å². The van der Waals surface area contributed by atoms with Gasteiger partial charge in [-0.3, -0.25) is 4.79 Å². The molecule has 1 heterocycles. The summed E-state index contributed by atoms with van der Waals surface area (Å²) in [6.45, 7) is 0.196. The van der Waals surface area contributed by atoms with Crippen molar-refractivity contribution < 1.29 is 14.6 Å². The number of hydrogen-bond donors (Lipinski definition) is 2. The number of aliphatic hydroxyl groups is 1. The SMILES string of the molecule is COc1ccc(C(=O)NC[C@H](O)c2ccsc2)cc1. The fourth-order valence-corrected chi connectivity index (χ4v) is 2.32. The fraction of sp³-hybridized carbons (Fsp3) is 0.214. The Morgan fingerprint density at radius 3 is 2.68 bits per heavy atom. The Kier molecular flexibility index (Phi) is 4.54. The van der Waals surface area contributed by atoms with Crippen LogP contribution in [0.15, 0.2) is 41.1 Å². The molecule has 5 heteroatoms. The number of carbonyl (C=O) groups excluding carboxylic acids is 1. The van der Waals surface area contributed by atoms with Crippen molar-refractivity contribution in [1.82, 2.24) is 5.32 Å². The molecule has 2 N–H and O–H groups in total. The van der Waals surface area contributed by atoms with E-state index < -0.39 is 6.10 Å². The highest BCUT2D eigenvalue weighted by molar-refractivity contribution is 7.07. The van der Waals surface area contributed by atoms with Crippen molar-refractivity contribution >= 4 is 17.2 Å². The van der Waals surface area contributed by atoms with Gasteiger partial charge < -0.3 is 15.2 Å². The first-order valence-electron chi connectivity index (χ1n) is 5.83. The van der Waals surface area contributed by atoms with Crippen molar-refractivity contribution in [2.75, 3.05) is 13.7 Å². The molecule has 0 fully saturated rings. The Morgan fingerprint density at radius 2 is 2.11 bits per heavy atom. The maximum absolute atomic E-state index is 11.9. The summed E-state index contributed by atoms with van der Waals surface area (Å²) in [6, 6.07) is 8.67. The van der Waals surface area contributed by atoms with Crippen LogP contribution in [0.2, 0.25) is 0 Å². The Balaban J connectivity index is 1.90. The third kappa shape index (κ3) is 3.56. The molecule has 1 aromatic heterocycles. The summed E-state index contributed by atoms with van der Waals surface area (Å²) in [5, 5.41) is 16.3. The Morgan fingerprint density at radius 1 is 1.37 bits per heavy atom. The molecule has 0 bridgehead atoms. The third-order valence-corrected chi connectivity index (χ3v) is 3.44. The van der Waals surface area contributed by atoms with Gasteiger partial charge in [0.2, 0.25) is 0 Å². The molecule has 19 heavy (non-hydrogen) atoms. The van der Waals surface area contributed by atoms with Crippen LogP contribution in [-0.2, 0) is 0 Å². The molecule has 0 unspecified atom stereocenters. The number of methoxy groups -OCH3 is 1. The van der Waals surface area contributed by atoms with Gasteiger partial charge in [-0.25, -0.2) is 0 Å². The molecule has 0 aliphatic rings. The van der Waals surface area contributed by atoms with E-state index in [1.165, 1.54) is 11.3 Å². The molecular formula is C14H15NO3S. The van der Waals surface area contributed by atoms with E-state index in [9.17, 15) is 9.90 Å². The van der Waals surface area contributed by atoms with E-state index in [-0.39, 0.29) is 12.5 Å². The lowest BCUT2D eigenvalue weighted by atomic mass is 10.1. The predicted octanol–water partition coefficient (Wildman–Crippen LogP) is 2.22.